The summed E-state index contributed by atoms with van der Waals surface area (Å²) < 4.78 is 4.89. The minimum absolute atomic E-state index is 0.439. The van der Waals surface area contributed by atoms with Crippen LogP contribution in [-0.2, 0) is 14.4 Å². The maximum atomic E-state index is 10.8. The van der Waals surface area contributed by atoms with Gasteiger partial charge in [-0.3, -0.25) is 0 Å². The van der Waals surface area contributed by atoms with Crippen LogP contribution in [-0.4, -0.2) is 12.6 Å². The Morgan fingerprint density at radius 1 is 1.55 bits per heavy atom. The first-order chi connectivity index (χ1) is 5.26. The Bertz CT molecular complexity index is 154. The summed E-state index contributed by atoms with van der Waals surface area (Å²) in [6.45, 7) is 4.18. The third-order valence-corrected chi connectivity index (χ3v) is 1.14. The Balaban J connectivity index is 4.03. The van der Waals surface area contributed by atoms with Crippen LogP contribution in [0.5, 0.6) is 0 Å². The highest BCUT2D eigenvalue weighted by atomic mass is 16.7. The van der Waals surface area contributed by atoms with E-state index in [0.717, 1.165) is 0 Å². The van der Waals surface area contributed by atoms with E-state index >= 15 is 0 Å². The van der Waals surface area contributed by atoms with Gasteiger partial charge in [0.1, 0.15) is 0 Å². The molecule has 0 heterocycles. The Morgan fingerprint density at radius 2 is 2.18 bits per heavy atom. The van der Waals surface area contributed by atoms with Crippen LogP contribution in [0, 0.1) is 0 Å². The summed E-state index contributed by atoms with van der Waals surface area (Å²) in [6, 6.07) is 0. The molecule has 0 aliphatic carbocycles. The average molecular weight is 159 g/mol. The van der Waals surface area contributed by atoms with Gasteiger partial charge in [-0.2, -0.15) is 5.90 Å². The van der Waals surface area contributed by atoms with Gasteiger partial charge in [0, 0.05) is 0 Å². The van der Waals surface area contributed by atoms with Crippen LogP contribution in [0.3, 0.4) is 0 Å². The molecule has 0 unspecified atom stereocenters. The second-order valence-electron chi connectivity index (χ2n) is 1.86. The van der Waals surface area contributed by atoms with Gasteiger partial charge in [0.15, 0.2) is 0 Å². The Morgan fingerprint density at radius 3 is 2.55 bits per heavy atom. The van der Waals surface area contributed by atoms with Crippen molar-refractivity contribution in [1.29, 1.82) is 0 Å². The molecule has 0 bridgehead atoms. The topological polar surface area (TPSA) is 61.5 Å². The number of carbonyl (C=O) groups excluding carboxylic acids is 1. The fourth-order valence-corrected chi connectivity index (χ4v) is 0.535. The standard InChI is InChI=1S/C7H13NO3/c1-3-6(5-10-4-2)7(9)11-8/h5H,3-4,8H2,1-2H3. The van der Waals surface area contributed by atoms with E-state index in [1.165, 1.54) is 6.26 Å². The lowest BCUT2D eigenvalue weighted by Gasteiger charge is -2.00. The predicted octanol–water partition coefficient (Wildman–Crippen LogP) is 0.734. The lowest BCUT2D eigenvalue weighted by molar-refractivity contribution is -0.139. The van der Waals surface area contributed by atoms with Crippen molar-refractivity contribution in [3.63, 3.8) is 0 Å². The third-order valence-electron chi connectivity index (χ3n) is 1.14. The highest BCUT2D eigenvalue weighted by molar-refractivity contribution is 5.87. The highest BCUT2D eigenvalue weighted by Crippen LogP contribution is 2.01. The van der Waals surface area contributed by atoms with Gasteiger partial charge in [0.05, 0.1) is 18.4 Å². The van der Waals surface area contributed by atoms with Gasteiger partial charge in [-0.1, -0.05) is 6.92 Å². The van der Waals surface area contributed by atoms with Gasteiger partial charge in [-0.25, -0.2) is 4.79 Å². The molecule has 0 aromatic rings. The van der Waals surface area contributed by atoms with Crippen LogP contribution in [0.15, 0.2) is 11.8 Å². The van der Waals surface area contributed by atoms with Crippen LogP contribution in [0.4, 0.5) is 0 Å². The zero-order valence-electron chi connectivity index (χ0n) is 6.79. The van der Waals surface area contributed by atoms with Crippen LogP contribution in [0.25, 0.3) is 0 Å². The minimum atomic E-state index is -0.541. The zero-order valence-corrected chi connectivity index (χ0v) is 6.79. The molecule has 0 atom stereocenters. The van der Waals surface area contributed by atoms with Gasteiger partial charge in [0.25, 0.3) is 0 Å². The van der Waals surface area contributed by atoms with E-state index < -0.39 is 5.97 Å². The number of carbonyl (C=O) groups is 1. The third kappa shape index (κ3) is 3.62. The highest BCUT2D eigenvalue weighted by Gasteiger charge is 2.06. The average Bonchev–Trinajstić information content (AvgIpc) is 2.05. The number of ether oxygens (including phenoxy) is 1. The molecule has 0 aromatic heterocycles. The normalized spacial score (nSPS) is 11.0. The molecule has 11 heavy (non-hydrogen) atoms. The van der Waals surface area contributed by atoms with Crippen molar-refractivity contribution < 1.29 is 14.4 Å². The largest absolute Gasteiger partial charge is 0.501 e. The molecule has 0 aromatic carbocycles. The van der Waals surface area contributed by atoms with E-state index in [-0.39, 0.29) is 0 Å². The van der Waals surface area contributed by atoms with Crippen LogP contribution >= 0.6 is 0 Å². The first-order valence-corrected chi connectivity index (χ1v) is 3.47. The molecule has 0 aliphatic rings. The van der Waals surface area contributed by atoms with Crippen molar-refractivity contribution in [1.82, 2.24) is 0 Å². The van der Waals surface area contributed by atoms with Crippen molar-refractivity contribution >= 4 is 5.97 Å². The fourth-order valence-electron chi connectivity index (χ4n) is 0.535. The van der Waals surface area contributed by atoms with Crippen molar-refractivity contribution in [2.24, 2.45) is 5.90 Å². The van der Waals surface area contributed by atoms with Crippen molar-refractivity contribution in [2.75, 3.05) is 6.61 Å². The second-order valence-corrected chi connectivity index (χ2v) is 1.86. The first kappa shape index (κ1) is 9.97. The molecule has 0 fully saturated rings. The van der Waals surface area contributed by atoms with Gasteiger partial charge >= 0.3 is 5.97 Å². The Labute approximate surface area is 65.9 Å². The lowest BCUT2D eigenvalue weighted by Crippen LogP contribution is -2.12. The molecule has 0 spiro atoms. The van der Waals surface area contributed by atoms with Crippen LogP contribution in [0.2, 0.25) is 0 Å². The van der Waals surface area contributed by atoms with Crippen LogP contribution < -0.4 is 5.90 Å². The SMILES string of the molecule is CCOC=C(CC)C(=O)ON. The molecule has 0 saturated heterocycles. The van der Waals surface area contributed by atoms with Gasteiger partial charge in [0.2, 0.25) is 0 Å². The van der Waals surface area contributed by atoms with Crippen molar-refractivity contribution in [3.8, 4) is 0 Å². The summed E-state index contributed by atoms with van der Waals surface area (Å²) in [6.07, 6.45) is 1.92. The zero-order chi connectivity index (χ0) is 8.69. The van der Waals surface area contributed by atoms with E-state index in [4.69, 9.17) is 4.74 Å². The molecule has 2 N–H and O–H groups in total. The summed E-state index contributed by atoms with van der Waals surface area (Å²) in [4.78, 5) is 14.8. The number of hydrogen-bond donors (Lipinski definition) is 1. The van der Waals surface area contributed by atoms with E-state index in [2.05, 4.69) is 10.7 Å². The van der Waals surface area contributed by atoms with Gasteiger partial charge in [-0.05, 0) is 13.3 Å². The number of hydrogen-bond acceptors (Lipinski definition) is 4. The maximum Gasteiger partial charge on any atom is 0.355 e. The molecule has 4 heteroatoms. The molecule has 0 rings (SSSR count). The van der Waals surface area contributed by atoms with E-state index in [1.54, 1.807) is 0 Å². The Hall–Kier alpha value is -1.03. The molecule has 0 saturated carbocycles. The summed E-state index contributed by atoms with van der Waals surface area (Å²) in [7, 11) is 0. The molecule has 0 radical (unpaired) electrons. The van der Waals surface area contributed by atoms with Gasteiger partial charge in [-0.15, -0.1) is 0 Å². The lowest BCUT2D eigenvalue weighted by atomic mass is 10.2. The van der Waals surface area contributed by atoms with E-state index in [0.29, 0.717) is 18.6 Å². The van der Waals surface area contributed by atoms with Gasteiger partial charge < -0.3 is 9.57 Å². The maximum absolute atomic E-state index is 10.8. The van der Waals surface area contributed by atoms with Crippen molar-refractivity contribution in [3.05, 3.63) is 11.8 Å². The van der Waals surface area contributed by atoms with E-state index in [9.17, 15) is 4.79 Å². The molecule has 0 aliphatic heterocycles. The quantitative estimate of drug-likeness (QED) is 0.373. The summed E-state index contributed by atoms with van der Waals surface area (Å²) in [5, 5.41) is 0. The second kappa shape index (κ2) is 5.73. The molecule has 64 valence electrons. The first-order valence-electron chi connectivity index (χ1n) is 3.47. The molecular weight excluding hydrogens is 146 g/mol. The smallest absolute Gasteiger partial charge is 0.355 e. The molecular formula is C7H13NO3. The summed E-state index contributed by atoms with van der Waals surface area (Å²) in [5.41, 5.74) is 0.439. The summed E-state index contributed by atoms with van der Waals surface area (Å²) >= 11 is 0. The number of rotatable bonds is 4. The minimum Gasteiger partial charge on any atom is -0.501 e. The molecule has 4 nitrogen and oxygen atoms in total. The Kier molecular flexibility index (Phi) is 5.20. The number of nitrogens with two attached hydrogens (primary N) is 1. The summed E-state index contributed by atoms with van der Waals surface area (Å²) in [5.74, 6) is 4.13. The fraction of sp³-hybridized carbons (Fsp3) is 0.571. The van der Waals surface area contributed by atoms with E-state index in [1.807, 2.05) is 13.8 Å². The molecule has 0 amide bonds. The van der Waals surface area contributed by atoms with Crippen molar-refractivity contribution in [2.45, 2.75) is 20.3 Å². The van der Waals surface area contributed by atoms with Crippen LogP contribution in [0.1, 0.15) is 20.3 Å². The predicted molar refractivity (Wildman–Crippen MR) is 40.3 cm³/mol. The monoisotopic (exact) mass is 159 g/mol.